The van der Waals surface area contributed by atoms with Crippen molar-refractivity contribution >= 4 is 64.3 Å². The number of rotatable bonds is 12. The van der Waals surface area contributed by atoms with Gasteiger partial charge in [0, 0.05) is 11.8 Å². The molecule has 21 nitrogen and oxygen atoms in total. The second-order valence-electron chi connectivity index (χ2n) is 11.4. The van der Waals surface area contributed by atoms with E-state index in [1.165, 1.54) is 59.3 Å². The number of aromatic carboxylic acids is 4. The summed E-state index contributed by atoms with van der Waals surface area (Å²) in [7, 11) is 0. The van der Waals surface area contributed by atoms with Crippen LogP contribution in [0.1, 0.15) is 52.7 Å². The monoisotopic (exact) mass is 743 g/mol. The molecule has 0 spiro atoms. The molecule has 6 aromatic rings. The number of nitrogens with zero attached hydrogens (tertiary/aromatic N) is 10. The highest BCUT2D eigenvalue weighted by atomic mass is 16.4. The lowest BCUT2D eigenvalue weighted by atomic mass is 10.1. The van der Waals surface area contributed by atoms with Gasteiger partial charge in [0.1, 0.15) is 17.5 Å². The van der Waals surface area contributed by atoms with E-state index in [0.29, 0.717) is 11.4 Å². The minimum atomic E-state index is -1.40. The summed E-state index contributed by atoms with van der Waals surface area (Å²) in [5, 5.41) is 68.5. The Morgan fingerprint density at radius 3 is 1.95 bits per heavy atom. The first-order valence-electron chi connectivity index (χ1n) is 15.5. The molecule has 9 N–H and O–H groups in total. The first-order valence-corrected chi connectivity index (χ1v) is 15.5. The molecule has 3 aromatic heterocycles. The fourth-order valence-corrected chi connectivity index (χ4v) is 5.05. The summed E-state index contributed by atoms with van der Waals surface area (Å²) in [4.78, 5) is 55.2. The summed E-state index contributed by atoms with van der Waals surface area (Å²) < 4.78 is 2.25. The van der Waals surface area contributed by atoms with Crippen LogP contribution in [0.15, 0.2) is 89.2 Å². The van der Waals surface area contributed by atoms with E-state index >= 15 is 0 Å². The predicted molar refractivity (Wildman–Crippen MR) is 191 cm³/mol. The van der Waals surface area contributed by atoms with Crippen molar-refractivity contribution in [2.75, 3.05) is 16.1 Å². The van der Waals surface area contributed by atoms with Crippen molar-refractivity contribution in [1.29, 1.82) is 5.26 Å². The molecule has 274 valence electrons. The van der Waals surface area contributed by atoms with Gasteiger partial charge in [0.15, 0.2) is 23.1 Å². The van der Waals surface area contributed by atoms with Crippen LogP contribution < -0.4 is 21.9 Å². The quantitative estimate of drug-likeness (QED) is 0.0512. The van der Waals surface area contributed by atoms with Gasteiger partial charge in [0.25, 0.3) is 0 Å². The average molecular weight is 744 g/mol. The van der Waals surface area contributed by atoms with Crippen LogP contribution in [-0.4, -0.2) is 73.8 Å². The second-order valence-corrected chi connectivity index (χ2v) is 11.4. The third-order valence-electron chi connectivity index (χ3n) is 7.76. The highest BCUT2D eigenvalue weighted by molar-refractivity contribution is 5.95. The number of anilines is 5. The Kier molecular flexibility index (Phi) is 9.64. The van der Waals surface area contributed by atoms with E-state index < -0.39 is 23.9 Å². The van der Waals surface area contributed by atoms with Gasteiger partial charge in [-0.3, -0.25) is 0 Å². The van der Waals surface area contributed by atoms with E-state index in [2.05, 4.69) is 35.7 Å². The van der Waals surface area contributed by atoms with Crippen molar-refractivity contribution in [3.05, 3.63) is 113 Å². The molecule has 6 rings (SSSR count). The average Bonchev–Trinajstić information content (AvgIpc) is 3.72. The highest BCUT2D eigenvalue weighted by Gasteiger charge is 2.21. The van der Waals surface area contributed by atoms with Crippen molar-refractivity contribution in [2.45, 2.75) is 6.92 Å². The summed E-state index contributed by atoms with van der Waals surface area (Å²) in [6, 6.07) is 18.0. The second kappa shape index (κ2) is 14.6. The predicted octanol–water partition coefficient (Wildman–Crippen LogP) is 4.57. The Balaban J connectivity index is 1.42. The van der Waals surface area contributed by atoms with E-state index in [1.807, 2.05) is 6.07 Å². The van der Waals surface area contributed by atoms with Gasteiger partial charge in [-0.2, -0.15) is 30.1 Å². The van der Waals surface area contributed by atoms with Gasteiger partial charge < -0.3 is 31.5 Å². The van der Waals surface area contributed by atoms with E-state index in [9.17, 15) is 44.9 Å². The molecule has 0 amide bonds. The number of nitriles is 1. The molecule has 0 aliphatic rings. The lowest BCUT2D eigenvalue weighted by Crippen LogP contribution is -2.28. The van der Waals surface area contributed by atoms with Crippen LogP contribution in [0.3, 0.4) is 0 Å². The Hall–Kier alpha value is -8.51. The Morgan fingerprint density at radius 1 is 0.800 bits per heavy atom. The van der Waals surface area contributed by atoms with Crippen LogP contribution in [0, 0.1) is 18.3 Å². The molecule has 0 saturated carbocycles. The Labute approximate surface area is 307 Å². The Morgan fingerprint density at radius 2 is 1.38 bits per heavy atom. The molecule has 0 aliphatic heterocycles. The number of benzene rings is 3. The zero-order valence-electron chi connectivity index (χ0n) is 28.1. The van der Waals surface area contributed by atoms with Gasteiger partial charge in [0.2, 0.25) is 5.95 Å². The molecule has 0 atom stereocenters. The number of nitrogen functional groups attached to an aromatic ring is 1. The lowest BCUT2D eigenvalue weighted by molar-refractivity contribution is 0.0680. The number of nitrogens with two attached hydrogens (primary N) is 2. The molecule has 0 aliphatic carbocycles. The number of hydrazine groups is 1. The van der Waals surface area contributed by atoms with Crippen molar-refractivity contribution in [3.63, 3.8) is 0 Å². The minimum Gasteiger partial charge on any atom is -0.478 e. The van der Waals surface area contributed by atoms with Gasteiger partial charge in [-0.05, 0) is 73.7 Å². The van der Waals surface area contributed by atoms with Crippen molar-refractivity contribution in [2.24, 2.45) is 16.1 Å². The van der Waals surface area contributed by atoms with Crippen LogP contribution >= 0.6 is 0 Å². The van der Waals surface area contributed by atoms with Gasteiger partial charge in [-0.25, -0.2) is 34.7 Å². The number of carboxylic acids is 4. The van der Waals surface area contributed by atoms with Gasteiger partial charge in [-0.1, -0.05) is 0 Å². The third kappa shape index (κ3) is 7.45. The number of aryl methyl sites for hydroxylation is 1. The number of nitrogens with one attached hydrogen (secondary N) is 1. The third-order valence-corrected chi connectivity index (χ3v) is 7.76. The molecule has 3 heterocycles. The van der Waals surface area contributed by atoms with Crippen LogP contribution in [0.5, 0.6) is 0 Å². The summed E-state index contributed by atoms with van der Waals surface area (Å²) in [6.07, 6.45) is 1.14. The lowest BCUT2D eigenvalue weighted by Gasteiger charge is -2.19. The van der Waals surface area contributed by atoms with E-state index in [4.69, 9.17) is 11.6 Å². The maximum absolute atomic E-state index is 11.7. The molecule has 0 unspecified atom stereocenters. The standard InChI is InChI=1S/C34H25N13O8/c1-16-27(42-43-29-21(14-35)15-38-46(29)24-11-19(32(52)53)10-20(12-24)33(54)55)28(36)47(44-16)26-13-25(39-22-6-2-17(3-7-22)30(48)49)40-34(41-26)45(37)23-8-4-18(5-9-23)31(50)51/h2-13,15H,36-37H2,1H3,(H,48,49)(H,50,51)(H,52,53)(H,54,55)(H,39,40,41). The SMILES string of the molecule is Cc1nn(-c2cc(Nc3ccc(C(=O)O)cc3)nc(N(N)c3ccc(C(=O)O)cc3)n2)c(N)c1N=Nc1c(C#N)cnn1-c1cc(C(=O)O)cc(C(=O)O)c1. The number of hydrogen-bond acceptors (Lipinski definition) is 15. The van der Waals surface area contributed by atoms with Crippen molar-refractivity contribution in [3.8, 4) is 17.6 Å². The molecule has 0 fully saturated rings. The van der Waals surface area contributed by atoms with Crippen LogP contribution in [0.2, 0.25) is 0 Å². The molecule has 3 aromatic carbocycles. The normalized spacial score (nSPS) is 10.9. The molecule has 0 saturated heterocycles. The largest absolute Gasteiger partial charge is 0.478 e. The van der Waals surface area contributed by atoms with E-state index in [0.717, 1.165) is 34.1 Å². The molecule has 0 radical (unpaired) electrons. The summed E-state index contributed by atoms with van der Waals surface area (Å²) in [5.41, 5.74) is 6.80. The van der Waals surface area contributed by atoms with Crippen LogP contribution in [-0.2, 0) is 0 Å². The zero-order valence-corrected chi connectivity index (χ0v) is 28.1. The maximum Gasteiger partial charge on any atom is 0.335 e. The number of hydrogen-bond donors (Lipinski definition) is 7. The fraction of sp³-hybridized carbons (Fsp3) is 0.0294. The van der Waals surface area contributed by atoms with Crippen LogP contribution in [0.25, 0.3) is 11.5 Å². The molecule has 0 bridgehead atoms. The number of aromatic nitrogens is 6. The maximum atomic E-state index is 11.7. The first-order chi connectivity index (χ1) is 26.2. The van der Waals surface area contributed by atoms with Gasteiger partial charge in [-0.15, -0.1) is 10.2 Å². The number of azo groups is 1. The van der Waals surface area contributed by atoms with Crippen molar-refractivity contribution in [1.82, 2.24) is 29.5 Å². The zero-order chi connectivity index (χ0) is 39.6. The topological polar surface area (TPSA) is 326 Å². The minimum absolute atomic E-state index is 0.0178. The van der Waals surface area contributed by atoms with Crippen LogP contribution in [0.4, 0.5) is 40.5 Å². The Bertz CT molecular complexity index is 2560. The molecule has 21 heteroatoms. The first kappa shape index (κ1) is 36.3. The van der Waals surface area contributed by atoms with E-state index in [-0.39, 0.29) is 74.1 Å². The van der Waals surface area contributed by atoms with E-state index in [1.54, 1.807) is 6.92 Å². The number of carboxylic acid groups (broad SMARTS) is 4. The summed E-state index contributed by atoms with van der Waals surface area (Å²) >= 11 is 0. The smallest absolute Gasteiger partial charge is 0.335 e. The molecular formula is C34H25N13O8. The molecule has 55 heavy (non-hydrogen) atoms. The van der Waals surface area contributed by atoms with Gasteiger partial charge in [0.05, 0.1) is 45.5 Å². The molecular weight excluding hydrogens is 718 g/mol. The summed E-state index contributed by atoms with van der Waals surface area (Å²) in [6.45, 7) is 1.56. The summed E-state index contributed by atoms with van der Waals surface area (Å²) in [5.74, 6) is 1.19. The van der Waals surface area contributed by atoms with Crippen molar-refractivity contribution < 1.29 is 39.6 Å². The number of carbonyl (C=O) groups is 4. The van der Waals surface area contributed by atoms with Gasteiger partial charge >= 0.3 is 23.9 Å². The highest BCUT2D eigenvalue weighted by Crippen LogP contribution is 2.33. The fourth-order valence-electron chi connectivity index (χ4n) is 5.05.